The maximum absolute atomic E-state index is 2.53. The van der Waals surface area contributed by atoms with Gasteiger partial charge in [0.2, 0.25) is 0 Å². The highest BCUT2D eigenvalue weighted by atomic mass is 14.4. The van der Waals surface area contributed by atoms with Crippen LogP contribution in [0.5, 0.6) is 0 Å². The molecule has 0 heteroatoms. The monoisotopic (exact) mass is 1260 g/mol. The number of hydrogen-bond acceptors (Lipinski definition) is 0. The summed E-state index contributed by atoms with van der Waals surface area (Å²) in [5.74, 6) is 0. The molecular formula is C100H62. The summed E-state index contributed by atoms with van der Waals surface area (Å²) < 4.78 is 0. The van der Waals surface area contributed by atoms with Crippen molar-refractivity contribution in [3.63, 3.8) is 0 Å². The van der Waals surface area contributed by atoms with Crippen LogP contribution >= 0.6 is 0 Å². The minimum absolute atomic E-state index is 1.18. The van der Waals surface area contributed by atoms with Gasteiger partial charge in [0.15, 0.2) is 0 Å². The lowest BCUT2D eigenvalue weighted by atomic mass is 9.79. The summed E-state index contributed by atoms with van der Waals surface area (Å²) in [7, 11) is 0. The molecule has 0 nitrogen and oxygen atoms in total. The van der Waals surface area contributed by atoms with E-state index in [9.17, 15) is 0 Å². The number of rotatable bonds is 11. The third-order valence-corrected chi connectivity index (χ3v) is 21.4. The first-order chi connectivity index (χ1) is 49.7. The molecule has 0 spiro atoms. The zero-order chi connectivity index (χ0) is 65.8. The molecule has 2 aliphatic rings. The molecule has 0 atom stereocenters. The summed E-state index contributed by atoms with van der Waals surface area (Å²) in [6.45, 7) is 0. The SMILES string of the molecule is c1ccc(-c2cc3c(-c4ccccc4)c4c(c(-c5ccccc5-c5ccccc5)c3cc2-c2ccccc2)-c2ccc(-c3ccc5c6c(cccc36)-c3c-5c(-c5ccccc5-c5ccccc5)c5cc(-c6ccccc6)c(-c6ccccc6)cc5c3-c3ccccc3)c3cccc-4c23)cc1. The van der Waals surface area contributed by atoms with Crippen molar-refractivity contribution >= 4 is 43.1 Å². The zero-order valence-electron chi connectivity index (χ0n) is 54.8. The second-order valence-corrected chi connectivity index (χ2v) is 26.7. The topological polar surface area (TPSA) is 0 Å². The molecule has 0 N–H and O–H groups in total. The molecule has 0 radical (unpaired) electrons. The minimum atomic E-state index is 1.18. The maximum atomic E-state index is 2.53. The Morgan fingerprint density at radius 3 is 0.610 bits per heavy atom. The fourth-order valence-corrected chi connectivity index (χ4v) is 17.2. The molecule has 462 valence electrons. The summed E-state index contributed by atoms with van der Waals surface area (Å²) in [5, 5.41) is 9.91. The van der Waals surface area contributed by atoms with E-state index in [-0.39, 0.29) is 0 Å². The molecule has 2 aliphatic carbocycles. The van der Waals surface area contributed by atoms with Crippen LogP contribution in [0.25, 0.3) is 210 Å². The second kappa shape index (κ2) is 23.4. The van der Waals surface area contributed by atoms with Crippen molar-refractivity contribution < 1.29 is 0 Å². The first kappa shape index (κ1) is 57.3. The van der Waals surface area contributed by atoms with Gasteiger partial charge < -0.3 is 0 Å². The van der Waals surface area contributed by atoms with Gasteiger partial charge in [0.25, 0.3) is 0 Å². The van der Waals surface area contributed by atoms with Gasteiger partial charge in [-0.3, -0.25) is 0 Å². The van der Waals surface area contributed by atoms with Gasteiger partial charge >= 0.3 is 0 Å². The molecule has 0 heterocycles. The molecule has 20 rings (SSSR count). The van der Waals surface area contributed by atoms with E-state index in [2.05, 4.69) is 376 Å². The summed E-state index contributed by atoms with van der Waals surface area (Å²) in [5.41, 5.74) is 36.6. The largest absolute Gasteiger partial charge is 0.0622 e. The van der Waals surface area contributed by atoms with Gasteiger partial charge in [0.1, 0.15) is 0 Å². The molecule has 0 amide bonds. The molecule has 0 fully saturated rings. The van der Waals surface area contributed by atoms with E-state index >= 15 is 0 Å². The van der Waals surface area contributed by atoms with Crippen LogP contribution in [-0.4, -0.2) is 0 Å². The Hall–Kier alpha value is -13.0. The van der Waals surface area contributed by atoms with Crippen LogP contribution in [0.1, 0.15) is 0 Å². The third kappa shape index (κ3) is 8.94. The molecule has 0 bridgehead atoms. The number of benzene rings is 18. The van der Waals surface area contributed by atoms with Crippen LogP contribution in [0.4, 0.5) is 0 Å². The van der Waals surface area contributed by atoms with Crippen LogP contribution in [0.2, 0.25) is 0 Å². The highest BCUT2D eigenvalue weighted by Gasteiger charge is 2.36. The van der Waals surface area contributed by atoms with E-state index in [4.69, 9.17) is 0 Å². The van der Waals surface area contributed by atoms with E-state index < -0.39 is 0 Å². The summed E-state index contributed by atoms with van der Waals surface area (Å²) >= 11 is 0. The Kier molecular flexibility index (Phi) is 13.4. The van der Waals surface area contributed by atoms with Gasteiger partial charge in [-0.05, 0) is 234 Å². The highest BCUT2D eigenvalue weighted by molar-refractivity contribution is 6.33. The zero-order valence-corrected chi connectivity index (χ0v) is 54.8. The Morgan fingerprint density at radius 2 is 0.310 bits per heavy atom. The standard InChI is InChI=1S/C100H62/c1-9-31-63(32-10-1)71-47-25-27-49-75(71)95-89-61-85(67-39-17-5-18-40-67)83(65-35-13-3-14-36-65)59-87(89)91(69-43-21-7-22-44-69)97-79-53-29-51-77-73(55-57-81(93(77)79)99(95)97)74-56-58-82-94-78(74)52-30-54-80(94)98-92(70-45-23-8-24-46-70)88-60-84(66-37-15-4-16-38-66)86(68-41-19-6-20-42-68)62-90(88)96(100(82)98)76-50-28-26-48-72(76)64-33-11-2-12-34-64/h1-62H. The molecule has 0 saturated carbocycles. The van der Waals surface area contributed by atoms with Crippen molar-refractivity contribution in [3.05, 3.63) is 376 Å². The lowest BCUT2D eigenvalue weighted by molar-refractivity contribution is 1.58. The maximum Gasteiger partial charge on any atom is -0.000718 e. The van der Waals surface area contributed by atoms with Gasteiger partial charge in [-0.1, -0.05) is 352 Å². The van der Waals surface area contributed by atoms with Crippen molar-refractivity contribution in [3.8, 4) is 167 Å². The van der Waals surface area contributed by atoms with Gasteiger partial charge in [-0.15, -0.1) is 0 Å². The molecule has 0 unspecified atom stereocenters. The first-order valence-corrected chi connectivity index (χ1v) is 34.8. The lowest BCUT2D eigenvalue weighted by Gasteiger charge is -2.24. The quantitative estimate of drug-likeness (QED) is 0.121. The van der Waals surface area contributed by atoms with Crippen LogP contribution in [-0.2, 0) is 0 Å². The van der Waals surface area contributed by atoms with Crippen LogP contribution in [0.3, 0.4) is 0 Å². The molecule has 0 aliphatic heterocycles. The highest BCUT2D eigenvalue weighted by Crippen LogP contribution is 2.63. The molecule has 100 heavy (non-hydrogen) atoms. The van der Waals surface area contributed by atoms with Gasteiger partial charge in [-0.25, -0.2) is 0 Å². The van der Waals surface area contributed by atoms with Crippen molar-refractivity contribution in [1.82, 2.24) is 0 Å². The molecular weight excluding hydrogens is 1200 g/mol. The second-order valence-electron chi connectivity index (χ2n) is 26.7. The molecule has 18 aromatic rings. The van der Waals surface area contributed by atoms with E-state index in [1.165, 1.54) is 210 Å². The predicted octanol–water partition coefficient (Wildman–Crippen LogP) is 27.9. The van der Waals surface area contributed by atoms with Crippen LogP contribution in [0.15, 0.2) is 376 Å². The van der Waals surface area contributed by atoms with E-state index in [1.54, 1.807) is 0 Å². The molecule has 0 aromatic heterocycles. The Balaban J connectivity index is 0.886. The Labute approximate surface area is 582 Å². The average molecular weight is 1260 g/mol. The van der Waals surface area contributed by atoms with Crippen molar-refractivity contribution in [1.29, 1.82) is 0 Å². The smallest absolute Gasteiger partial charge is 0.000718 e. The van der Waals surface area contributed by atoms with Gasteiger partial charge in [0, 0.05) is 0 Å². The number of hydrogen-bond donors (Lipinski definition) is 0. The van der Waals surface area contributed by atoms with E-state index in [1.807, 2.05) is 0 Å². The summed E-state index contributed by atoms with van der Waals surface area (Å²) in [6.07, 6.45) is 0. The normalized spacial score (nSPS) is 11.8. The minimum Gasteiger partial charge on any atom is -0.0622 e. The number of fused-ring (bicyclic) bond motifs is 8. The molecule has 18 aromatic carbocycles. The Morgan fingerprint density at radius 1 is 0.100 bits per heavy atom. The fraction of sp³-hybridized carbons (Fsp3) is 0. The van der Waals surface area contributed by atoms with E-state index in [0.29, 0.717) is 0 Å². The Bertz CT molecular complexity index is 5910. The summed E-state index contributed by atoms with van der Waals surface area (Å²) in [4.78, 5) is 0. The van der Waals surface area contributed by atoms with Crippen molar-refractivity contribution in [2.45, 2.75) is 0 Å². The molecule has 0 saturated heterocycles. The predicted molar refractivity (Wildman–Crippen MR) is 425 cm³/mol. The van der Waals surface area contributed by atoms with Crippen molar-refractivity contribution in [2.24, 2.45) is 0 Å². The first-order valence-electron chi connectivity index (χ1n) is 34.8. The average Bonchev–Trinajstić information content (AvgIpc) is 1.49. The van der Waals surface area contributed by atoms with Gasteiger partial charge in [-0.2, -0.15) is 0 Å². The fourth-order valence-electron chi connectivity index (χ4n) is 17.2. The third-order valence-electron chi connectivity index (χ3n) is 21.4. The van der Waals surface area contributed by atoms with Gasteiger partial charge in [0.05, 0.1) is 0 Å². The van der Waals surface area contributed by atoms with E-state index in [0.717, 1.165) is 0 Å². The van der Waals surface area contributed by atoms with Crippen LogP contribution in [0, 0.1) is 0 Å². The summed E-state index contributed by atoms with van der Waals surface area (Å²) in [6, 6.07) is 141. The van der Waals surface area contributed by atoms with Crippen molar-refractivity contribution in [2.75, 3.05) is 0 Å². The van der Waals surface area contributed by atoms with Crippen LogP contribution < -0.4 is 0 Å². The lowest BCUT2D eigenvalue weighted by Crippen LogP contribution is -1.97.